The Kier molecular flexibility index (Phi) is 10.2. The second-order valence-electron chi connectivity index (χ2n) is 10.00. The van der Waals surface area contributed by atoms with Crippen LogP contribution in [0.15, 0.2) is 29.2 Å². The normalized spacial score (nSPS) is 17.8. The molecular weight excluding hydrogens is 422 g/mol. The van der Waals surface area contributed by atoms with Crippen LogP contribution in [0.5, 0.6) is 0 Å². The molecular formula is C25H43N3O3S. The van der Waals surface area contributed by atoms with Crippen LogP contribution in [0.4, 0.5) is 0 Å². The molecule has 1 aromatic rings. The van der Waals surface area contributed by atoms with Gasteiger partial charge in [0.15, 0.2) is 9.84 Å². The van der Waals surface area contributed by atoms with Gasteiger partial charge in [-0.15, -0.1) is 0 Å². The van der Waals surface area contributed by atoms with Gasteiger partial charge in [-0.2, -0.15) is 0 Å². The standard InChI is InChI=1S/C25H43N3O3S/c1-6-23(27-14-7-8-17-28-18-16-26-15-13-24(28)29)20(2)19-21-9-11-22(12-10-21)32(30,31)25(3,4)5/h9-12,20,23,26-27H,6-8,13-19H2,1-5H3. The summed E-state index contributed by atoms with van der Waals surface area (Å²) in [7, 11) is -3.31. The minimum absolute atomic E-state index is 0.268. The fraction of sp³-hybridized carbons (Fsp3) is 0.720. The first kappa shape index (κ1) is 26.8. The molecule has 2 rings (SSSR count). The fourth-order valence-corrected chi connectivity index (χ4v) is 5.39. The van der Waals surface area contributed by atoms with Crippen molar-refractivity contribution in [2.24, 2.45) is 5.92 Å². The maximum absolute atomic E-state index is 12.6. The van der Waals surface area contributed by atoms with Crippen molar-refractivity contribution in [3.05, 3.63) is 29.8 Å². The van der Waals surface area contributed by atoms with E-state index in [2.05, 4.69) is 24.5 Å². The van der Waals surface area contributed by atoms with Gasteiger partial charge in [0, 0.05) is 38.6 Å². The summed E-state index contributed by atoms with van der Waals surface area (Å²) in [4.78, 5) is 14.4. The monoisotopic (exact) mass is 465 g/mol. The number of amides is 1. The highest BCUT2D eigenvalue weighted by molar-refractivity contribution is 7.92. The first-order valence-corrected chi connectivity index (χ1v) is 13.6. The molecule has 0 bridgehead atoms. The van der Waals surface area contributed by atoms with Crippen LogP contribution >= 0.6 is 0 Å². The molecule has 2 unspecified atom stereocenters. The molecule has 32 heavy (non-hydrogen) atoms. The first-order valence-electron chi connectivity index (χ1n) is 12.1. The second kappa shape index (κ2) is 12.1. The van der Waals surface area contributed by atoms with Gasteiger partial charge in [0.1, 0.15) is 0 Å². The van der Waals surface area contributed by atoms with E-state index in [1.807, 2.05) is 17.0 Å². The van der Waals surface area contributed by atoms with Crippen LogP contribution in [-0.4, -0.2) is 62.7 Å². The number of sulfone groups is 1. The molecule has 1 aliphatic heterocycles. The molecule has 2 N–H and O–H groups in total. The van der Waals surface area contributed by atoms with Crippen LogP contribution in [-0.2, 0) is 21.1 Å². The number of nitrogens with zero attached hydrogens (tertiary/aromatic N) is 1. The predicted octanol–water partition coefficient (Wildman–Crippen LogP) is 3.41. The lowest BCUT2D eigenvalue weighted by molar-refractivity contribution is -0.130. The highest BCUT2D eigenvalue weighted by Crippen LogP contribution is 2.25. The van der Waals surface area contributed by atoms with Crippen LogP contribution in [0.2, 0.25) is 0 Å². The van der Waals surface area contributed by atoms with Crippen molar-refractivity contribution in [3.63, 3.8) is 0 Å². The van der Waals surface area contributed by atoms with E-state index in [0.29, 0.717) is 23.3 Å². The summed E-state index contributed by atoms with van der Waals surface area (Å²) >= 11 is 0. The predicted molar refractivity (Wildman–Crippen MR) is 132 cm³/mol. The summed E-state index contributed by atoms with van der Waals surface area (Å²) in [6, 6.07) is 7.81. The summed E-state index contributed by atoms with van der Waals surface area (Å²) in [6.45, 7) is 14.0. The topological polar surface area (TPSA) is 78.5 Å². The number of benzene rings is 1. The molecule has 182 valence electrons. The molecule has 0 aromatic heterocycles. The van der Waals surface area contributed by atoms with Crippen LogP contribution in [0, 0.1) is 5.92 Å². The summed E-state index contributed by atoms with van der Waals surface area (Å²) in [6.07, 6.45) is 4.65. The van der Waals surface area contributed by atoms with Crippen molar-refractivity contribution in [2.45, 2.75) is 82.4 Å². The molecule has 1 aliphatic rings. The zero-order chi connectivity index (χ0) is 23.8. The molecule has 0 radical (unpaired) electrons. The highest BCUT2D eigenvalue weighted by Gasteiger charge is 2.30. The Morgan fingerprint density at radius 1 is 1.12 bits per heavy atom. The molecule has 1 fully saturated rings. The van der Waals surface area contributed by atoms with E-state index in [9.17, 15) is 13.2 Å². The van der Waals surface area contributed by atoms with Crippen LogP contribution in [0.1, 0.15) is 65.9 Å². The maximum atomic E-state index is 12.6. The van der Waals surface area contributed by atoms with E-state index < -0.39 is 14.6 Å². The van der Waals surface area contributed by atoms with Gasteiger partial charge in [-0.05, 0) is 76.6 Å². The molecule has 1 saturated heterocycles. The SMILES string of the molecule is CCC(NCCCCN1CCNCCC1=O)C(C)Cc1ccc(S(=O)(=O)C(C)(C)C)cc1. The summed E-state index contributed by atoms with van der Waals surface area (Å²) in [5, 5.41) is 6.97. The largest absolute Gasteiger partial charge is 0.341 e. The molecule has 7 heteroatoms. The van der Waals surface area contributed by atoms with E-state index >= 15 is 0 Å². The second-order valence-corrected chi connectivity index (χ2v) is 12.7. The van der Waals surface area contributed by atoms with Crippen molar-refractivity contribution in [1.29, 1.82) is 0 Å². The van der Waals surface area contributed by atoms with E-state index in [-0.39, 0.29) is 5.91 Å². The number of hydrogen-bond acceptors (Lipinski definition) is 5. The average molecular weight is 466 g/mol. The Hall–Kier alpha value is -1.44. The van der Waals surface area contributed by atoms with Gasteiger partial charge in [-0.25, -0.2) is 8.42 Å². The fourth-order valence-electron chi connectivity index (χ4n) is 4.19. The Morgan fingerprint density at radius 2 is 1.81 bits per heavy atom. The third-order valence-electron chi connectivity index (χ3n) is 6.41. The number of nitrogens with one attached hydrogen (secondary N) is 2. The molecule has 0 saturated carbocycles. The number of carbonyl (C=O) groups excluding carboxylic acids is 1. The van der Waals surface area contributed by atoms with Crippen molar-refractivity contribution in [2.75, 3.05) is 32.7 Å². The lowest BCUT2D eigenvalue weighted by atomic mass is 9.92. The minimum atomic E-state index is -3.31. The highest BCUT2D eigenvalue weighted by atomic mass is 32.2. The number of carbonyl (C=O) groups is 1. The number of rotatable bonds is 11. The van der Waals surface area contributed by atoms with E-state index in [0.717, 1.165) is 58.4 Å². The molecule has 1 aromatic carbocycles. The van der Waals surface area contributed by atoms with Gasteiger partial charge in [-0.1, -0.05) is 26.0 Å². The third kappa shape index (κ3) is 7.56. The Bertz CT molecular complexity index is 816. The zero-order valence-corrected chi connectivity index (χ0v) is 21.4. The Labute approximate surface area is 195 Å². The van der Waals surface area contributed by atoms with E-state index in [4.69, 9.17) is 0 Å². The van der Waals surface area contributed by atoms with Gasteiger partial charge in [-0.3, -0.25) is 4.79 Å². The van der Waals surface area contributed by atoms with Crippen molar-refractivity contribution >= 4 is 15.7 Å². The molecule has 6 nitrogen and oxygen atoms in total. The van der Waals surface area contributed by atoms with Crippen molar-refractivity contribution in [3.8, 4) is 0 Å². The van der Waals surface area contributed by atoms with E-state index in [1.54, 1.807) is 32.9 Å². The molecule has 1 amide bonds. The van der Waals surface area contributed by atoms with Gasteiger partial charge in [0.2, 0.25) is 5.91 Å². The smallest absolute Gasteiger partial charge is 0.223 e. The lowest BCUT2D eigenvalue weighted by Gasteiger charge is -2.25. The molecule has 0 spiro atoms. The summed E-state index contributed by atoms with van der Waals surface area (Å²) in [5.41, 5.74) is 1.17. The zero-order valence-electron chi connectivity index (χ0n) is 20.6. The van der Waals surface area contributed by atoms with Gasteiger partial charge < -0.3 is 15.5 Å². The first-order chi connectivity index (χ1) is 15.1. The van der Waals surface area contributed by atoms with Crippen molar-refractivity contribution < 1.29 is 13.2 Å². The third-order valence-corrected chi connectivity index (χ3v) is 8.92. The summed E-state index contributed by atoms with van der Waals surface area (Å²) < 4.78 is 24.4. The Morgan fingerprint density at radius 3 is 2.44 bits per heavy atom. The van der Waals surface area contributed by atoms with Crippen LogP contribution < -0.4 is 10.6 Å². The quantitative estimate of drug-likeness (QED) is 0.490. The molecule has 0 aliphatic carbocycles. The molecule has 1 heterocycles. The van der Waals surface area contributed by atoms with Crippen molar-refractivity contribution in [1.82, 2.24) is 15.5 Å². The van der Waals surface area contributed by atoms with Crippen LogP contribution in [0.3, 0.4) is 0 Å². The van der Waals surface area contributed by atoms with Gasteiger partial charge in [0.05, 0.1) is 9.64 Å². The molecule has 2 atom stereocenters. The minimum Gasteiger partial charge on any atom is -0.341 e. The maximum Gasteiger partial charge on any atom is 0.223 e. The van der Waals surface area contributed by atoms with E-state index in [1.165, 1.54) is 5.56 Å². The van der Waals surface area contributed by atoms with Crippen LogP contribution in [0.25, 0.3) is 0 Å². The lowest BCUT2D eigenvalue weighted by Crippen LogP contribution is -2.37. The van der Waals surface area contributed by atoms with Gasteiger partial charge in [0.25, 0.3) is 0 Å². The van der Waals surface area contributed by atoms with Gasteiger partial charge >= 0.3 is 0 Å². The average Bonchev–Trinajstić information content (AvgIpc) is 2.94. The number of hydrogen-bond donors (Lipinski definition) is 2. The Balaban J connectivity index is 1.78. The number of unbranched alkanes of at least 4 members (excludes halogenated alkanes) is 1. The summed E-state index contributed by atoms with van der Waals surface area (Å²) in [5.74, 6) is 0.715.